The van der Waals surface area contributed by atoms with Crippen molar-refractivity contribution in [1.82, 2.24) is 15.2 Å². The van der Waals surface area contributed by atoms with Crippen molar-refractivity contribution in [1.29, 1.82) is 0 Å². The molecule has 0 radical (unpaired) electrons. The molecule has 1 aliphatic heterocycles. The summed E-state index contributed by atoms with van der Waals surface area (Å²) in [6, 6.07) is 31.0. The quantitative estimate of drug-likeness (QED) is 0.206. The molecule has 3 N–H and O–H groups in total. The summed E-state index contributed by atoms with van der Waals surface area (Å²) in [5, 5.41) is 15.3. The minimum Gasteiger partial charge on any atom is -0.392 e. The first-order chi connectivity index (χ1) is 21.0. The number of nitrogens with zero attached hydrogens (tertiary/aromatic N) is 2. The Morgan fingerprint density at radius 2 is 1.60 bits per heavy atom. The molecule has 224 valence electrons. The van der Waals surface area contributed by atoms with Gasteiger partial charge in [-0.15, -0.1) is 0 Å². The fraction of sp³-hybridized carbons (Fsp3) is 0.314. The van der Waals surface area contributed by atoms with Gasteiger partial charge in [-0.1, -0.05) is 79.7 Å². The van der Waals surface area contributed by atoms with Crippen LogP contribution in [-0.2, 0) is 29.0 Å². The maximum Gasteiger partial charge on any atom is 0.319 e. The van der Waals surface area contributed by atoms with E-state index in [-0.39, 0.29) is 30.8 Å². The van der Waals surface area contributed by atoms with Crippen molar-refractivity contribution in [3.8, 4) is 0 Å². The van der Waals surface area contributed by atoms with E-state index >= 15 is 0 Å². The van der Waals surface area contributed by atoms with Crippen LogP contribution in [-0.4, -0.2) is 47.3 Å². The first-order valence-electron chi connectivity index (χ1n) is 14.8. The Balaban J connectivity index is 1.26. The third-order valence-electron chi connectivity index (χ3n) is 7.83. The number of ether oxygens (including phenoxy) is 2. The number of likely N-dealkylation sites (N-methyl/N-ethyl adjacent to an activating group) is 1. The third-order valence-corrected chi connectivity index (χ3v) is 7.83. The van der Waals surface area contributed by atoms with Gasteiger partial charge in [0.15, 0.2) is 6.29 Å². The first-order valence-corrected chi connectivity index (χ1v) is 14.8. The summed E-state index contributed by atoms with van der Waals surface area (Å²) in [6.45, 7) is 4.21. The summed E-state index contributed by atoms with van der Waals surface area (Å²) in [4.78, 5) is 19.2. The van der Waals surface area contributed by atoms with Crippen molar-refractivity contribution in [3.63, 3.8) is 0 Å². The van der Waals surface area contributed by atoms with E-state index in [1.165, 1.54) is 0 Å². The van der Waals surface area contributed by atoms with Crippen LogP contribution in [0, 0.1) is 5.92 Å². The smallest absolute Gasteiger partial charge is 0.319 e. The van der Waals surface area contributed by atoms with Crippen LogP contribution in [0.15, 0.2) is 103 Å². The number of aliphatic hydroxyl groups excluding tert-OH is 1. The minimum atomic E-state index is -0.575. The molecule has 2 heterocycles. The monoisotopic (exact) mass is 580 g/mol. The molecule has 2 amide bonds. The predicted molar refractivity (Wildman–Crippen MR) is 167 cm³/mol. The average Bonchev–Trinajstić information content (AvgIpc) is 3.05. The van der Waals surface area contributed by atoms with Gasteiger partial charge in [0.05, 0.1) is 18.8 Å². The average molecular weight is 581 g/mol. The molecule has 0 aliphatic carbocycles. The lowest BCUT2D eigenvalue weighted by atomic mass is 9.90. The second-order valence-corrected chi connectivity index (χ2v) is 11.1. The molecule has 1 fully saturated rings. The van der Waals surface area contributed by atoms with Crippen LogP contribution in [0.3, 0.4) is 0 Å². The Morgan fingerprint density at radius 3 is 2.30 bits per heavy atom. The Hall–Kier alpha value is -4.08. The van der Waals surface area contributed by atoms with Gasteiger partial charge < -0.3 is 30.1 Å². The number of nitrogens with one attached hydrogen (secondary N) is 2. The lowest BCUT2D eigenvalue weighted by Gasteiger charge is -2.42. The molecule has 0 spiro atoms. The van der Waals surface area contributed by atoms with E-state index in [1.54, 1.807) is 0 Å². The number of rotatable bonds is 11. The zero-order valence-electron chi connectivity index (χ0n) is 24.7. The van der Waals surface area contributed by atoms with Crippen molar-refractivity contribution in [2.24, 2.45) is 5.92 Å². The van der Waals surface area contributed by atoms with E-state index < -0.39 is 6.29 Å². The summed E-state index contributed by atoms with van der Waals surface area (Å²) >= 11 is 0. The van der Waals surface area contributed by atoms with Crippen LogP contribution in [0.25, 0.3) is 0 Å². The van der Waals surface area contributed by atoms with Gasteiger partial charge in [-0.2, -0.15) is 0 Å². The normalized spacial score (nSPS) is 20.1. The summed E-state index contributed by atoms with van der Waals surface area (Å²) in [7, 11) is 2.11. The van der Waals surface area contributed by atoms with E-state index in [1.807, 2.05) is 97.2 Å². The molecule has 0 unspecified atom stereocenters. The van der Waals surface area contributed by atoms with Crippen molar-refractivity contribution < 1.29 is 19.4 Å². The Kier molecular flexibility index (Phi) is 10.5. The van der Waals surface area contributed by atoms with Crippen LogP contribution in [0.2, 0.25) is 0 Å². The van der Waals surface area contributed by atoms with Gasteiger partial charge in [0.1, 0.15) is 0 Å². The Morgan fingerprint density at radius 1 is 0.884 bits per heavy atom. The van der Waals surface area contributed by atoms with E-state index in [0.717, 1.165) is 47.5 Å². The highest BCUT2D eigenvalue weighted by Gasteiger charge is 2.38. The first kappa shape index (κ1) is 30.4. The van der Waals surface area contributed by atoms with Gasteiger partial charge in [0.25, 0.3) is 0 Å². The molecule has 8 nitrogen and oxygen atoms in total. The van der Waals surface area contributed by atoms with Crippen molar-refractivity contribution in [2.75, 3.05) is 25.5 Å². The lowest BCUT2D eigenvalue weighted by Crippen LogP contribution is -2.43. The van der Waals surface area contributed by atoms with Crippen molar-refractivity contribution in [3.05, 3.63) is 131 Å². The number of carbonyl (C=O) groups excluding carboxylic acids is 1. The predicted octanol–water partition coefficient (Wildman–Crippen LogP) is 5.86. The molecule has 1 aliphatic rings. The largest absolute Gasteiger partial charge is 0.392 e. The van der Waals surface area contributed by atoms with E-state index in [0.29, 0.717) is 12.2 Å². The lowest BCUT2D eigenvalue weighted by molar-refractivity contribution is -0.275. The zero-order valence-corrected chi connectivity index (χ0v) is 24.7. The molecule has 5 rings (SSSR count). The minimum absolute atomic E-state index is 0.00144. The fourth-order valence-corrected chi connectivity index (χ4v) is 5.26. The van der Waals surface area contributed by atoms with Gasteiger partial charge >= 0.3 is 6.03 Å². The van der Waals surface area contributed by atoms with Crippen LogP contribution in [0.5, 0.6) is 0 Å². The molecule has 1 saturated heterocycles. The highest BCUT2D eigenvalue weighted by Crippen LogP contribution is 2.42. The Bertz CT molecular complexity index is 1420. The molecule has 4 atom stereocenters. The van der Waals surface area contributed by atoms with Gasteiger partial charge in [-0.3, -0.25) is 4.98 Å². The van der Waals surface area contributed by atoms with E-state index in [2.05, 4.69) is 40.6 Å². The fourth-order valence-electron chi connectivity index (χ4n) is 5.26. The van der Waals surface area contributed by atoms with Gasteiger partial charge in [-0.25, -0.2) is 4.79 Å². The summed E-state index contributed by atoms with van der Waals surface area (Å²) in [5.41, 5.74) is 5.57. The van der Waals surface area contributed by atoms with Crippen molar-refractivity contribution >= 4 is 11.7 Å². The number of pyridine rings is 1. The SMILES string of the molecule is C[C@@H]1[C@H](CN(C)CCc2ccccn2)O[C@H](c2ccc(NC(=O)NCc3ccccc3)cc2)O[C@@H]1c1ccc(CO)cc1. The number of carbonyl (C=O) groups is 1. The highest BCUT2D eigenvalue weighted by atomic mass is 16.7. The number of urea groups is 1. The number of amides is 2. The number of aromatic nitrogens is 1. The number of benzene rings is 3. The topological polar surface area (TPSA) is 96.0 Å². The van der Waals surface area contributed by atoms with Gasteiger partial charge in [0.2, 0.25) is 0 Å². The highest BCUT2D eigenvalue weighted by molar-refractivity contribution is 5.89. The molecule has 4 aromatic rings. The number of hydrogen-bond acceptors (Lipinski definition) is 6. The Labute approximate surface area is 253 Å². The van der Waals surface area contributed by atoms with Crippen LogP contribution < -0.4 is 10.6 Å². The molecular weight excluding hydrogens is 540 g/mol. The van der Waals surface area contributed by atoms with E-state index in [9.17, 15) is 9.90 Å². The zero-order chi connectivity index (χ0) is 30.0. The number of hydrogen-bond donors (Lipinski definition) is 3. The molecular formula is C35H40N4O4. The number of anilines is 1. The molecule has 8 heteroatoms. The molecule has 0 bridgehead atoms. The summed E-state index contributed by atoms with van der Waals surface area (Å²) < 4.78 is 13.2. The van der Waals surface area contributed by atoms with Crippen LogP contribution >= 0.6 is 0 Å². The molecule has 0 saturated carbocycles. The van der Waals surface area contributed by atoms with Gasteiger partial charge in [-0.05, 0) is 48.0 Å². The summed E-state index contributed by atoms with van der Waals surface area (Å²) in [6.07, 6.45) is 1.83. The van der Waals surface area contributed by atoms with E-state index in [4.69, 9.17) is 9.47 Å². The van der Waals surface area contributed by atoms with Gasteiger partial charge in [0, 0.05) is 55.1 Å². The molecule has 43 heavy (non-hydrogen) atoms. The maximum absolute atomic E-state index is 12.4. The number of aliphatic hydroxyl groups is 1. The molecule has 3 aromatic carbocycles. The third kappa shape index (κ3) is 8.49. The maximum atomic E-state index is 12.4. The van der Waals surface area contributed by atoms with Crippen LogP contribution in [0.4, 0.5) is 10.5 Å². The standard InChI is InChI=1S/C35H40N4O4/c1-25-32(23-39(2)21-19-30-10-6-7-20-36-30)42-34(43-33(25)28-13-11-27(24-40)12-14-28)29-15-17-31(18-16-29)38-35(41)37-22-26-8-4-3-5-9-26/h3-18,20,25,32-34,40H,19,21-24H2,1-2H3,(H2,37,38,41)/t25-,32+,33+,34+/m1/s1. The van der Waals surface area contributed by atoms with Crippen molar-refractivity contribution in [2.45, 2.75) is 45.0 Å². The van der Waals surface area contributed by atoms with Crippen LogP contribution in [0.1, 0.15) is 47.3 Å². The molecule has 1 aromatic heterocycles. The summed E-state index contributed by atoms with van der Waals surface area (Å²) in [5.74, 6) is 0.0859. The second-order valence-electron chi connectivity index (χ2n) is 11.1. The second kappa shape index (κ2) is 14.9.